The van der Waals surface area contributed by atoms with E-state index in [2.05, 4.69) is 5.16 Å². The molecule has 1 unspecified atom stereocenters. The number of carbonyl (C=O) groups excluding carboxylic acids is 1. The van der Waals surface area contributed by atoms with Crippen molar-refractivity contribution >= 4 is 23.6 Å². The van der Waals surface area contributed by atoms with E-state index in [4.69, 9.17) is 9.63 Å². The van der Waals surface area contributed by atoms with Gasteiger partial charge in [0.15, 0.2) is 0 Å². The summed E-state index contributed by atoms with van der Waals surface area (Å²) in [5, 5.41) is 12.9. The summed E-state index contributed by atoms with van der Waals surface area (Å²) in [5.74, 6) is -0.0161. The van der Waals surface area contributed by atoms with Crippen LogP contribution in [0.3, 0.4) is 0 Å². The quantitative estimate of drug-likeness (QED) is 0.887. The molecule has 0 spiro atoms. The zero-order valence-electron chi connectivity index (χ0n) is 10.2. The second-order valence-corrected chi connectivity index (χ2v) is 5.04. The van der Waals surface area contributed by atoms with Gasteiger partial charge in [-0.1, -0.05) is 12.1 Å². The fourth-order valence-corrected chi connectivity index (χ4v) is 3.07. The molecule has 98 valence electrons. The number of carboxylic acids is 1. The summed E-state index contributed by atoms with van der Waals surface area (Å²) in [6.45, 7) is 3.54. The van der Waals surface area contributed by atoms with Gasteiger partial charge in [0.1, 0.15) is 17.4 Å². The standard InChI is InChI=1S/C11H14N2O4S/c1-3-7-9(6(2)17-12-7)10(14)13-5-18-4-8(13)11(15)16/h8H,3-5H2,1-2H3,(H,15,16). The largest absolute Gasteiger partial charge is 0.480 e. The predicted octanol–water partition coefficient (Wildman–Crippen LogP) is 1.15. The van der Waals surface area contributed by atoms with Crippen LogP contribution in [0.4, 0.5) is 0 Å². The van der Waals surface area contributed by atoms with Crippen molar-refractivity contribution in [2.24, 2.45) is 0 Å². The minimum Gasteiger partial charge on any atom is -0.480 e. The Labute approximate surface area is 108 Å². The van der Waals surface area contributed by atoms with Crippen LogP contribution in [0.5, 0.6) is 0 Å². The highest BCUT2D eigenvalue weighted by Gasteiger charge is 2.37. The number of carboxylic acid groups (broad SMARTS) is 1. The van der Waals surface area contributed by atoms with Crippen molar-refractivity contribution < 1.29 is 19.2 Å². The molecule has 1 aromatic heterocycles. The van der Waals surface area contributed by atoms with Crippen LogP contribution in [0.2, 0.25) is 0 Å². The number of aliphatic carboxylic acids is 1. The highest BCUT2D eigenvalue weighted by molar-refractivity contribution is 7.99. The maximum absolute atomic E-state index is 12.4. The number of hydrogen-bond acceptors (Lipinski definition) is 5. The first-order valence-electron chi connectivity index (χ1n) is 5.63. The van der Waals surface area contributed by atoms with E-state index >= 15 is 0 Å². The van der Waals surface area contributed by atoms with E-state index in [0.717, 1.165) is 0 Å². The van der Waals surface area contributed by atoms with Gasteiger partial charge in [0.05, 0.1) is 11.6 Å². The number of thioether (sulfide) groups is 1. The van der Waals surface area contributed by atoms with Crippen molar-refractivity contribution in [2.45, 2.75) is 26.3 Å². The Hall–Kier alpha value is -1.50. The van der Waals surface area contributed by atoms with E-state index in [-0.39, 0.29) is 5.91 Å². The third kappa shape index (κ3) is 2.10. The summed E-state index contributed by atoms with van der Waals surface area (Å²) in [5.41, 5.74) is 0.991. The van der Waals surface area contributed by atoms with Crippen molar-refractivity contribution in [3.8, 4) is 0 Å². The van der Waals surface area contributed by atoms with Crippen molar-refractivity contribution in [3.63, 3.8) is 0 Å². The summed E-state index contributed by atoms with van der Waals surface area (Å²) in [4.78, 5) is 24.8. The van der Waals surface area contributed by atoms with Crippen LogP contribution in [-0.4, -0.2) is 44.7 Å². The SMILES string of the molecule is CCc1noc(C)c1C(=O)N1CSCC1C(=O)O. The van der Waals surface area contributed by atoms with Gasteiger partial charge in [0, 0.05) is 5.75 Å². The molecule has 1 amide bonds. The molecule has 6 nitrogen and oxygen atoms in total. The Bertz CT molecular complexity index is 485. The molecule has 1 aliphatic heterocycles. The van der Waals surface area contributed by atoms with Gasteiger partial charge in [-0.05, 0) is 13.3 Å². The number of nitrogens with zero attached hydrogens (tertiary/aromatic N) is 2. The van der Waals surface area contributed by atoms with E-state index < -0.39 is 12.0 Å². The summed E-state index contributed by atoms with van der Waals surface area (Å²) < 4.78 is 5.01. The lowest BCUT2D eigenvalue weighted by Gasteiger charge is -2.20. The summed E-state index contributed by atoms with van der Waals surface area (Å²) in [6.07, 6.45) is 0.580. The Morgan fingerprint density at radius 3 is 2.94 bits per heavy atom. The molecule has 1 aromatic rings. The maximum atomic E-state index is 12.4. The average Bonchev–Trinajstić information content (AvgIpc) is 2.94. The van der Waals surface area contributed by atoms with Gasteiger partial charge in [-0.25, -0.2) is 4.79 Å². The number of aromatic nitrogens is 1. The molecule has 1 N–H and O–H groups in total. The zero-order chi connectivity index (χ0) is 13.3. The highest BCUT2D eigenvalue weighted by atomic mass is 32.2. The maximum Gasteiger partial charge on any atom is 0.327 e. The molecular weight excluding hydrogens is 256 g/mol. The Morgan fingerprint density at radius 2 is 2.33 bits per heavy atom. The normalized spacial score (nSPS) is 19.2. The Kier molecular flexibility index (Phi) is 3.60. The van der Waals surface area contributed by atoms with Crippen LogP contribution in [0.15, 0.2) is 4.52 Å². The molecule has 1 atom stereocenters. The molecule has 1 fully saturated rings. The minimum absolute atomic E-state index is 0.303. The predicted molar refractivity (Wildman–Crippen MR) is 65.5 cm³/mol. The molecule has 0 radical (unpaired) electrons. The van der Waals surface area contributed by atoms with Crippen LogP contribution in [0.25, 0.3) is 0 Å². The van der Waals surface area contributed by atoms with E-state index in [1.165, 1.54) is 16.7 Å². The lowest BCUT2D eigenvalue weighted by Crippen LogP contribution is -2.42. The molecule has 7 heteroatoms. The monoisotopic (exact) mass is 270 g/mol. The number of carbonyl (C=O) groups is 2. The van der Waals surface area contributed by atoms with Gasteiger partial charge in [-0.2, -0.15) is 0 Å². The molecule has 1 aliphatic rings. The van der Waals surface area contributed by atoms with E-state index in [1.54, 1.807) is 6.92 Å². The smallest absolute Gasteiger partial charge is 0.327 e. The van der Waals surface area contributed by atoms with Crippen LogP contribution in [-0.2, 0) is 11.2 Å². The van der Waals surface area contributed by atoms with Crippen LogP contribution in [0.1, 0.15) is 28.7 Å². The molecule has 1 saturated heterocycles. The number of amides is 1. The molecule has 2 rings (SSSR count). The summed E-state index contributed by atoms with van der Waals surface area (Å²) in [7, 11) is 0. The summed E-state index contributed by atoms with van der Waals surface area (Å²) in [6, 6.07) is -0.762. The second-order valence-electron chi connectivity index (χ2n) is 4.04. The first-order valence-corrected chi connectivity index (χ1v) is 6.78. The fraction of sp³-hybridized carbons (Fsp3) is 0.545. The highest BCUT2D eigenvalue weighted by Crippen LogP contribution is 2.25. The molecular formula is C11H14N2O4S. The van der Waals surface area contributed by atoms with Crippen molar-refractivity contribution in [2.75, 3.05) is 11.6 Å². The van der Waals surface area contributed by atoms with E-state index in [0.29, 0.717) is 35.1 Å². The van der Waals surface area contributed by atoms with Crippen molar-refractivity contribution in [1.82, 2.24) is 10.1 Å². The molecule has 0 saturated carbocycles. The number of rotatable bonds is 3. The van der Waals surface area contributed by atoms with Crippen LogP contribution >= 0.6 is 11.8 Å². The van der Waals surface area contributed by atoms with Gasteiger partial charge in [-0.3, -0.25) is 4.79 Å². The number of hydrogen-bond donors (Lipinski definition) is 1. The zero-order valence-corrected chi connectivity index (χ0v) is 11.0. The van der Waals surface area contributed by atoms with Crippen molar-refractivity contribution in [3.05, 3.63) is 17.0 Å². The van der Waals surface area contributed by atoms with Gasteiger partial charge in [-0.15, -0.1) is 11.8 Å². The molecule has 0 aromatic carbocycles. The van der Waals surface area contributed by atoms with Crippen LogP contribution < -0.4 is 0 Å². The summed E-state index contributed by atoms with van der Waals surface area (Å²) >= 11 is 1.44. The minimum atomic E-state index is -0.972. The molecule has 18 heavy (non-hydrogen) atoms. The first-order chi connectivity index (χ1) is 8.56. The molecule has 0 aliphatic carbocycles. The van der Waals surface area contributed by atoms with Crippen molar-refractivity contribution in [1.29, 1.82) is 0 Å². The Balaban J connectivity index is 2.30. The lowest BCUT2D eigenvalue weighted by molar-refractivity contribution is -0.140. The van der Waals surface area contributed by atoms with E-state index in [9.17, 15) is 9.59 Å². The Morgan fingerprint density at radius 1 is 1.61 bits per heavy atom. The topological polar surface area (TPSA) is 83.6 Å². The number of aryl methyl sites for hydroxylation is 2. The van der Waals surface area contributed by atoms with Gasteiger partial charge in [0.2, 0.25) is 0 Å². The van der Waals surface area contributed by atoms with Crippen LogP contribution in [0, 0.1) is 6.92 Å². The van der Waals surface area contributed by atoms with Gasteiger partial charge in [0.25, 0.3) is 5.91 Å². The van der Waals surface area contributed by atoms with E-state index in [1.807, 2.05) is 6.92 Å². The lowest BCUT2D eigenvalue weighted by atomic mass is 10.1. The first kappa shape index (κ1) is 12.9. The third-order valence-corrected chi connectivity index (χ3v) is 3.92. The fourth-order valence-electron chi connectivity index (χ4n) is 1.92. The van der Waals surface area contributed by atoms with Gasteiger partial charge < -0.3 is 14.5 Å². The van der Waals surface area contributed by atoms with Gasteiger partial charge >= 0.3 is 5.97 Å². The molecule has 2 heterocycles. The average molecular weight is 270 g/mol. The third-order valence-electron chi connectivity index (χ3n) is 2.91. The molecule has 0 bridgehead atoms. The second kappa shape index (κ2) is 5.01.